The van der Waals surface area contributed by atoms with Gasteiger partial charge >= 0.3 is 0 Å². The first-order chi connectivity index (χ1) is 19.6. The molecule has 40 heavy (non-hydrogen) atoms. The lowest BCUT2D eigenvalue weighted by Crippen LogP contribution is -2.28. The Kier molecular flexibility index (Phi) is 6.66. The first-order valence-corrected chi connectivity index (χ1v) is 14.6. The van der Waals surface area contributed by atoms with E-state index in [0.29, 0.717) is 6.54 Å². The highest BCUT2D eigenvalue weighted by molar-refractivity contribution is 6.05. The average molecular weight is 532 g/mol. The Labute approximate surface area is 235 Å². The summed E-state index contributed by atoms with van der Waals surface area (Å²) in [5.74, 6) is 0.0219. The number of H-pyrrole nitrogens is 2. The predicted octanol–water partition coefficient (Wildman–Crippen LogP) is 6.22. The minimum atomic E-state index is 0.0219. The molecule has 0 aliphatic carbocycles. The van der Waals surface area contributed by atoms with Gasteiger partial charge in [-0.2, -0.15) is 0 Å². The molecule has 1 amide bonds. The molecule has 204 valence electrons. The number of hydrogen-bond donors (Lipinski definition) is 3. The minimum absolute atomic E-state index is 0.0219. The molecule has 3 aromatic carbocycles. The number of carbonyl (C=O) groups is 1. The van der Waals surface area contributed by atoms with E-state index in [2.05, 4.69) is 99.0 Å². The summed E-state index contributed by atoms with van der Waals surface area (Å²) in [7, 11) is 2.18. The first-order valence-electron chi connectivity index (χ1n) is 14.6. The highest BCUT2D eigenvalue weighted by atomic mass is 16.1. The number of hydrogen-bond acceptors (Lipinski definition) is 3. The third-order valence-corrected chi connectivity index (χ3v) is 8.67. The summed E-state index contributed by atoms with van der Waals surface area (Å²) >= 11 is 0. The van der Waals surface area contributed by atoms with Crippen molar-refractivity contribution < 1.29 is 4.79 Å². The fourth-order valence-electron chi connectivity index (χ4n) is 6.59. The Morgan fingerprint density at radius 3 is 2.70 bits per heavy atom. The number of likely N-dealkylation sites (N-methyl/N-ethyl adjacent to an activating group) is 1. The number of nitrogens with zero attached hydrogens (tertiary/aromatic N) is 2. The maximum atomic E-state index is 12.9. The lowest BCUT2D eigenvalue weighted by Gasteiger charge is -2.26. The number of rotatable bonds is 8. The van der Waals surface area contributed by atoms with E-state index < -0.39 is 0 Å². The molecule has 1 fully saturated rings. The van der Waals surface area contributed by atoms with Crippen LogP contribution >= 0.6 is 0 Å². The van der Waals surface area contributed by atoms with E-state index in [0.717, 1.165) is 54.0 Å². The van der Waals surface area contributed by atoms with Gasteiger partial charge in [-0.1, -0.05) is 36.8 Å². The van der Waals surface area contributed by atoms with Crippen LogP contribution in [0.15, 0.2) is 66.9 Å². The van der Waals surface area contributed by atoms with Crippen LogP contribution in [0.25, 0.3) is 33.1 Å². The second-order valence-electron chi connectivity index (χ2n) is 11.6. The Balaban J connectivity index is 1.13. The monoisotopic (exact) mass is 531 g/mol. The standard InChI is InChI=1S/C34H37N5O/c1-38(14-11-25-19-35-31-8-4-3-7-28(25)31)21-24-16-27-20-36-34(40)33(27)29(17-24)32-18-26-15-23(9-10-30(26)37-32)22-39-12-5-2-6-13-39/h3-4,7-10,15-19,35,37H,2,5-6,11-14,20-22H2,1H3,(H,36,40). The SMILES string of the molecule is CN(CCc1c[nH]c2ccccc12)Cc1cc2c(c(-c3cc4cc(CN5CCCCC5)ccc4[nH]3)c1)C(=O)NC2. The molecule has 1 saturated heterocycles. The van der Waals surface area contributed by atoms with E-state index >= 15 is 0 Å². The van der Waals surface area contributed by atoms with Crippen LogP contribution in [0.2, 0.25) is 0 Å². The van der Waals surface area contributed by atoms with Crippen LogP contribution in [0, 0.1) is 0 Å². The molecule has 3 N–H and O–H groups in total. The number of amides is 1. The maximum Gasteiger partial charge on any atom is 0.252 e. The highest BCUT2D eigenvalue weighted by Crippen LogP contribution is 2.33. The van der Waals surface area contributed by atoms with E-state index in [1.165, 1.54) is 65.3 Å². The van der Waals surface area contributed by atoms with Crippen molar-refractivity contribution in [3.8, 4) is 11.3 Å². The summed E-state index contributed by atoms with van der Waals surface area (Å²) in [5, 5.41) is 5.56. The second-order valence-corrected chi connectivity index (χ2v) is 11.6. The predicted molar refractivity (Wildman–Crippen MR) is 162 cm³/mol. The van der Waals surface area contributed by atoms with Crippen molar-refractivity contribution in [1.82, 2.24) is 25.1 Å². The molecule has 0 radical (unpaired) electrons. The third kappa shape index (κ3) is 4.93. The summed E-state index contributed by atoms with van der Waals surface area (Å²) in [5.41, 5.74) is 10.2. The summed E-state index contributed by atoms with van der Waals surface area (Å²) in [6.07, 6.45) is 7.08. The smallest absolute Gasteiger partial charge is 0.252 e. The van der Waals surface area contributed by atoms with Gasteiger partial charge in [0.1, 0.15) is 0 Å². The summed E-state index contributed by atoms with van der Waals surface area (Å²) in [6, 6.07) is 21.9. The summed E-state index contributed by atoms with van der Waals surface area (Å²) in [4.78, 5) is 24.8. The number of aromatic amines is 2. The molecular weight excluding hydrogens is 494 g/mol. The van der Waals surface area contributed by atoms with Crippen molar-refractivity contribution in [1.29, 1.82) is 0 Å². The Bertz CT molecular complexity index is 1690. The molecule has 6 heteroatoms. The molecule has 0 unspecified atom stereocenters. The van der Waals surface area contributed by atoms with Crippen LogP contribution in [0.1, 0.15) is 51.9 Å². The molecule has 2 aliphatic rings. The molecule has 2 aliphatic heterocycles. The minimum Gasteiger partial charge on any atom is -0.361 e. The zero-order valence-corrected chi connectivity index (χ0v) is 23.2. The first kappa shape index (κ1) is 25.1. The molecule has 0 atom stereocenters. The number of benzene rings is 3. The molecule has 5 aromatic rings. The number of aromatic nitrogens is 2. The topological polar surface area (TPSA) is 67.2 Å². The van der Waals surface area contributed by atoms with Crippen molar-refractivity contribution in [2.45, 2.75) is 45.3 Å². The van der Waals surface area contributed by atoms with Gasteiger partial charge in [-0.25, -0.2) is 0 Å². The molecule has 6 nitrogen and oxygen atoms in total. The summed E-state index contributed by atoms with van der Waals surface area (Å²) < 4.78 is 0. The lowest BCUT2D eigenvalue weighted by atomic mass is 9.96. The largest absolute Gasteiger partial charge is 0.361 e. The number of nitrogens with one attached hydrogen (secondary N) is 3. The summed E-state index contributed by atoms with van der Waals surface area (Å²) in [6.45, 7) is 5.78. The van der Waals surface area contributed by atoms with Gasteiger partial charge in [-0.15, -0.1) is 0 Å². The van der Waals surface area contributed by atoms with Crippen LogP contribution in [-0.4, -0.2) is 52.4 Å². The number of para-hydroxylation sites is 1. The van der Waals surface area contributed by atoms with Crippen LogP contribution in [0.3, 0.4) is 0 Å². The van der Waals surface area contributed by atoms with E-state index in [9.17, 15) is 4.79 Å². The number of carbonyl (C=O) groups excluding carboxylic acids is 1. The zero-order valence-electron chi connectivity index (χ0n) is 23.2. The molecule has 0 saturated carbocycles. The maximum absolute atomic E-state index is 12.9. The Morgan fingerprint density at radius 2 is 1.80 bits per heavy atom. The van der Waals surface area contributed by atoms with Gasteiger partial charge in [0.05, 0.1) is 5.56 Å². The van der Waals surface area contributed by atoms with Crippen molar-refractivity contribution in [2.24, 2.45) is 0 Å². The van der Waals surface area contributed by atoms with Crippen molar-refractivity contribution in [2.75, 3.05) is 26.7 Å². The number of likely N-dealkylation sites (tertiary alicyclic amines) is 1. The van der Waals surface area contributed by atoms with Crippen molar-refractivity contribution in [3.63, 3.8) is 0 Å². The van der Waals surface area contributed by atoms with Gasteiger partial charge in [-0.05, 0) is 92.0 Å². The number of fused-ring (bicyclic) bond motifs is 3. The molecule has 4 heterocycles. The van der Waals surface area contributed by atoms with Gasteiger partial charge in [0.25, 0.3) is 5.91 Å². The van der Waals surface area contributed by atoms with Crippen molar-refractivity contribution >= 4 is 27.7 Å². The lowest BCUT2D eigenvalue weighted by molar-refractivity contribution is 0.0966. The molecule has 0 bridgehead atoms. The third-order valence-electron chi connectivity index (χ3n) is 8.67. The van der Waals surface area contributed by atoms with E-state index in [4.69, 9.17) is 0 Å². The molecular formula is C34H37N5O. The van der Waals surface area contributed by atoms with Gasteiger partial charge < -0.3 is 20.2 Å². The molecule has 2 aromatic heterocycles. The van der Waals surface area contributed by atoms with Gasteiger partial charge in [0, 0.05) is 65.4 Å². The molecule has 7 rings (SSSR count). The Morgan fingerprint density at radius 1 is 0.925 bits per heavy atom. The highest BCUT2D eigenvalue weighted by Gasteiger charge is 2.25. The van der Waals surface area contributed by atoms with E-state index in [1.807, 2.05) is 0 Å². The van der Waals surface area contributed by atoms with Crippen LogP contribution in [-0.2, 0) is 26.1 Å². The fourth-order valence-corrected chi connectivity index (χ4v) is 6.59. The van der Waals surface area contributed by atoms with Crippen LogP contribution < -0.4 is 5.32 Å². The average Bonchev–Trinajstić information content (AvgIpc) is 3.69. The quantitative estimate of drug-likeness (QED) is 0.223. The zero-order chi connectivity index (χ0) is 27.1. The van der Waals surface area contributed by atoms with Gasteiger partial charge in [0.15, 0.2) is 0 Å². The second kappa shape index (κ2) is 10.6. The van der Waals surface area contributed by atoms with Crippen LogP contribution in [0.5, 0.6) is 0 Å². The van der Waals surface area contributed by atoms with Gasteiger partial charge in [-0.3, -0.25) is 9.69 Å². The Hall–Kier alpha value is -3.87. The van der Waals surface area contributed by atoms with Crippen molar-refractivity contribution in [3.05, 3.63) is 94.7 Å². The number of piperidine rings is 1. The van der Waals surface area contributed by atoms with Crippen LogP contribution in [0.4, 0.5) is 0 Å². The van der Waals surface area contributed by atoms with Gasteiger partial charge in [0.2, 0.25) is 0 Å². The fraction of sp³-hybridized carbons (Fsp3) is 0.324. The normalized spacial score (nSPS) is 15.8. The van der Waals surface area contributed by atoms with E-state index in [1.54, 1.807) is 0 Å². The molecule has 0 spiro atoms. The van der Waals surface area contributed by atoms with E-state index in [-0.39, 0.29) is 5.91 Å².